The first-order valence-corrected chi connectivity index (χ1v) is 8.63. The smallest absolute Gasteiger partial charge is 0.268 e. The first-order chi connectivity index (χ1) is 12.7. The van der Waals surface area contributed by atoms with Crippen molar-refractivity contribution >= 4 is 28.0 Å². The molecular formula is C21H20N2O3. The molecule has 0 radical (unpaired) electrons. The van der Waals surface area contributed by atoms with E-state index in [1.807, 2.05) is 66.1 Å². The summed E-state index contributed by atoms with van der Waals surface area (Å²) in [7, 11) is 1.63. The van der Waals surface area contributed by atoms with E-state index in [4.69, 9.17) is 9.15 Å². The fraction of sp³-hybridized carbons (Fsp3) is 0.190. The molecule has 0 unspecified atom stereocenters. The van der Waals surface area contributed by atoms with Gasteiger partial charge in [0.25, 0.3) is 5.91 Å². The van der Waals surface area contributed by atoms with Crippen LogP contribution in [0.15, 0.2) is 59.0 Å². The van der Waals surface area contributed by atoms with Crippen LogP contribution in [0.3, 0.4) is 0 Å². The first-order valence-electron chi connectivity index (χ1n) is 8.63. The molecule has 1 amide bonds. The Balaban J connectivity index is 1.61. The number of furan rings is 1. The Morgan fingerprint density at radius 2 is 1.88 bits per heavy atom. The number of nitrogens with zero attached hydrogens (tertiary/aromatic N) is 1. The van der Waals surface area contributed by atoms with Crippen LogP contribution in [0.4, 0.5) is 0 Å². The number of methoxy groups -OCH3 is 1. The molecular weight excluding hydrogens is 328 g/mol. The van der Waals surface area contributed by atoms with Gasteiger partial charge in [-0.3, -0.25) is 4.79 Å². The molecule has 132 valence electrons. The largest absolute Gasteiger partial charge is 0.497 e. The highest BCUT2D eigenvalue weighted by Gasteiger charge is 2.19. The zero-order valence-electron chi connectivity index (χ0n) is 14.8. The molecule has 0 aliphatic heterocycles. The lowest BCUT2D eigenvalue weighted by Crippen LogP contribution is -2.25. The summed E-state index contributed by atoms with van der Waals surface area (Å²) >= 11 is 0. The Bertz CT molecular complexity index is 1070. The molecule has 4 rings (SSSR count). The van der Waals surface area contributed by atoms with Gasteiger partial charge in [0.05, 0.1) is 12.6 Å². The van der Waals surface area contributed by atoms with Crippen molar-refractivity contribution in [2.24, 2.45) is 0 Å². The minimum Gasteiger partial charge on any atom is -0.497 e. The minimum absolute atomic E-state index is 0.113. The quantitative estimate of drug-likeness (QED) is 0.583. The summed E-state index contributed by atoms with van der Waals surface area (Å²) in [6.45, 7) is 3.18. The van der Waals surface area contributed by atoms with Crippen LogP contribution < -0.4 is 10.1 Å². The van der Waals surface area contributed by atoms with E-state index in [9.17, 15) is 4.79 Å². The van der Waals surface area contributed by atoms with E-state index < -0.39 is 0 Å². The Kier molecular flexibility index (Phi) is 4.13. The summed E-state index contributed by atoms with van der Waals surface area (Å²) in [5.74, 6) is 0.685. The zero-order valence-corrected chi connectivity index (χ0v) is 14.8. The SMILES string of the molecule is CCn1c(C(=O)NCc2ccc(OC)cc2)cc2oc3ccccc3c21. The van der Waals surface area contributed by atoms with Gasteiger partial charge in [-0.15, -0.1) is 0 Å². The number of carbonyl (C=O) groups excluding carboxylic acids is 1. The van der Waals surface area contributed by atoms with Gasteiger partial charge in [-0.05, 0) is 36.8 Å². The van der Waals surface area contributed by atoms with E-state index in [0.717, 1.165) is 33.4 Å². The molecule has 0 saturated heterocycles. The molecule has 1 N–H and O–H groups in total. The third-order valence-electron chi connectivity index (χ3n) is 4.59. The summed E-state index contributed by atoms with van der Waals surface area (Å²) in [5, 5.41) is 4.01. The summed E-state index contributed by atoms with van der Waals surface area (Å²) in [4.78, 5) is 12.7. The zero-order chi connectivity index (χ0) is 18.1. The normalized spacial score (nSPS) is 11.2. The maximum atomic E-state index is 12.7. The highest BCUT2D eigenvalue weighted by Crippen LogP contribution is 2.31. The van der Waals surface area contributed by atoms with Crippen LogP contribution in [-0.4, -0.2) is 17.6 Å². The van der Waals surface area contributed by atoms with Crippen LogP contribution in [0.5, 0.6) is 5.75 Å². The molecule has 2 aromatic heterocycles. The number of benzene rings is 2. The van der Waals surface area contributed by atoms with Crippen LogP contribution in [-0.2, 0) is 13.1 Å². The van der Waals surface area contributed by atoms with Gasteiger partial charge in [0.15, 0.2) is 5.58 Å². The highest BCUT2D eigenvalue weighted by molar-refractivity contribution is 6.07. The number of amides is 1. The van der Waals surface area contributed by atoms with Gasteiger partial charge in [0.1, 0.15) is 17.0 Å². The molecule has 0 aliphatic carbocycles. The average molecular weight is 348 g/mol. The molecule has 5 heteroatoms. The second-order valence-corrected chi connectivity index (χ2v) is 6.12. The van der Waals surface area contributed by atoms with Crippen LogP contribution in [0.1, 0.15) is 23.0 Å². The van der Waals surface area contributed by atoms with E-state index >= 15 is 0 Å². The molecule has 2 aromatic carbocycles. The number of carbonyl (C=O) groups is 1. The van der Waals surface area contributed by atoms with Crippen LogP contribution in [0.2, 0.25) is 0 Å². The lowest BCUT2D eigenvalue weighted by atomic mass is 10.2. The number of hydrogen-bond donors (Lipinski definition) is 1. The maximum absolute atomic E-state index is 12.7. The number of para-hydroxylation sites is 1. The molecule has 0 atom stereocenters. The molecule has 0 bridgehead atoms. The fourth-order valence-corrected chi connectivity index (χ4v) is 3.28. The molecule has 26 heavy (non-hydrogen) atoms. The number of nitrogens with one attached hydrogen (secondary N) is 1. The van der Waals surface area contributed by atoms with E-state index in [2.05, 4.69) is 5.32 Å². The predicted octanol–water partition coefficient (Wildman–Crippen LogP) is 4.35. The third-order valence-corrected chi connectivity index (χ3v) is 4.59. The Morgan fingerprint density at radius 1 is 1.12 bits per heavy atom. The van der Waals surface area contributed by atoms with Gasteiger partial charge in [-0.25, -0.2) is 0 Å². The van der Waals surface area contributed by atoms with Crippen molar-refractivity contribution in [3.63, 3.8) is 0 Å². The Morgan fingerprint density at radius 3 is 2.62 bits per heavy atom. The van der Waals surface area contributed by atoms with E-state index in [1.54, 1.807) is 7.11 Å². The first kappa shape index (κ1) is 16.3. The van der Waals surface area contributed by atoms with Crippen molar-refractivity contribution in [2.75, 3.05) is 7.11 Å². The lowest BCUT2D eigenvalue weighted by Gasteiger charge is -2.09. The number of aromatic nitrogens is 1. The number of rotatable bonds is 5. The van der Waals surface area contributed by atoms with Gasteiger partial charge < -0.3 is 19.0 Å². The molecule has 4 aromatic rings. The summed E-state index contributed by atoms with van der Waals surface area (Å²) in [6, 6.07) is 17.4. The summed E-state index contributed by atoms with van der Waals surface area (Å²) in [5.41, 5.74) is 4.17. The third kappa shape index (κ3) is 2.71. The number of hydrogen-bond acceptors (Lipinski definition) is 3. The standard InChI is InChI=1S/C21H20N2O3/c1-3-23-17(12-19-20(23)16-6-4-5-7-18(16)26-19)21(24)22-13-14-8-10-15(25-2)11-9-14/h4-12H,3,13H2,1-2H3,(H,22,24). The van der Waals surface area contributed by atoms with E-state index in [1.165, 1.54) is 0 Å². The predicted molar refractivity (Wildman–Crippen MR) is 102 cm³/mol. The second kappa shape index (κ2) is 6.59. The number of fused-ring (bicyclic) bond motifs is 3. The van der Waals surface area contributed by atoms with Gasteiger partial charge in [-0.1, -0.05) is 24.3 Å². The van der Waals surface area contributed by atoms with Crippen LogP contribution in [0, 0.1) is 0 Å². The second-order valence-electron chi connectivity index (χ2n) is 6.12. The molecule has 0 aliphatic rings. The molecule has 0 saturated carbocycles. The van der Waals surface area contributed by atoms with Gasteiger partial charge >= 0.3 is 0 Å². The Labute approximate surface area is 151 Å². The topological polar surface area (TPSA) is 56.4 Å². The monoisotopic (exact) mass is 348 g/mol. The maximum Gasteiger partial charge on any atom is 0.268 e. The molecule has 5 nitrogen and oxygen atoms in total. The minimum atomic E-state index is -0.113. The van der Waals surface area contributed by atoms with E-state index in [-0.39, 0.29) is 5.91 Å². The van der Waals surface area contributed by atoms with Gasteiger partial charge in [0, 0.05) is 24.5 Å². The number of ether oxygens (including phenoxy) is 1. The van der Waals surface area contributed by atoms with Crippen LogP contribution >= 0.6 is 0 Å². The van der Waals surface area contributed by atoms with Crippen molar-refractivity contribution in [3.8, 4) is 5.75 Å². The van der Waals surface area contributed by atoms with Crippen molar-refractivity contribution in [3.05, 3.63) is 65.9 Å². The van der Waals surface area contributed by atoms with Gasteiger partial charge in [-0.2, -0.15) is 0 Å². The molecule has 0 spiro atoms. The van der Waals surface area contributed by atoms with Crippen molar-refractivity contribution < 1.29 is 13.9 Å². The Hall–Kier alpha value is -3.21. The summed E-state index contributed by atoms with van der Waals surface area (Å²) in [6.07, 6.45) is 0. The van der Waals surface area contributed by atoms with E-state index in [0.29, 0.717) is 18.8 Å². The average Bonchev–Trinajstić information content (AvgIpc) is 3.22. The van der Waals surface area contributed by atoms with Crippen LogP contribution in [0.25, 0.3) is 22.1 Å². The molecule has 0 fully saturated rings. The molecule has 2 heterocycles. The highest BCUT2D eigenvalue weighted by atomic mass is 16.5. The summed E-state index contributed by atoms with van der Waals surface area (Å²) < 4.78 is 13.1. The van der Waals surface area contributed by atoms with Crippen molar-refractivity contribution in [1.29, 1.82) is 0 Å². The lowest BCUT2D eigenvalue weighted by molar-refractivity contribution is 0.0942. The van der Waals surface area contributed by atoms with Gasteiger partial charge in [0.2, 0.25) is 0 Å². The van der Waals surface area contributed by atoms with Crippen molar-refractivity contribution in [1.82, 2.24) is 9.88 Å². The number of aryl methyl sites for hydroxylation is 1. The fourth-order valence-electron chi connectivity index (χ4n) is 3.28. The van der Waals surface area contributed by atoms with Crippen molar-refractivity contribution in [2.45, 2.75) is 20.0 Å².